The van der Waals surface area contributed by atoms with E-state index in [1.807, 2.05) is 37.3 Å². The molecule has 0 radical (unpaired) electrons. The van der Waals surface area contributed by atoms with Crippen LogP contribution in [0.4, 0.5) is 4.39 Å². The van der Waals surface area contributed by atoms with Crippen LogP contribution in [0.5, 0.6) is 0 Å². The predicted octanol–water partition coefficient (Wildman–Crippen LogP) is 2.96. The van der Waals surface area contributed by atoms with E-state index in [-0.39, 0.29) is 30.5 Å². The number of nitrogens with one attached hydrogen (secondary N) is 2. The molecule has 8 heteroatoms. The van der Waals surface area contributed by atoms with Crippen molar-refractivity contribution in [2.75, 3.05) is 6.54 Å². The first kappa shape index (κ1) is 20.0. The van der Waals surface area contributed by atoms with E-state index in [0.717, 1.165) is 11.6 Å². The third-order valence-corrected chi connectivity index (χ3v) is 5.44. The standard InChI is InChI=1S/C20H19BrFN3O3/c1-12(13-5-3-2-4-6-13)25-11-14(9-18(25)26)19(27)23-24-20(28)16-10-15(22)7-8-17(16)21/h2-8,10,12,14H,9,11H2,1H3,(H,23,27)(H,24,28). The van der Waals surface area contributed by atoms with Gasteiger partial charge in [-0.1, -0.05) is 30.3 Å². The number of rotatable bonds is 4. The summed E-state index contributed by atoms with van der Waals surface area (Å²) in [7, 11) is 0. The van der Waals surface area contributed by atoms with Crippen LogP contribution in [-0.2, 0) is 9.59 Å². The third kappa shape index (κ3) is 4.39. The van der Waals surface area contributed by atoms with Gasteiger partial charge in [-0.25, -0.2) is 4.39 Å². The van der Waals surface area contributed by atoms with E-state index in [0.29, 0.717) is 4.47 Å². The number of hydrazine groups is 1. The van der Waals surface area contributed by atoms with Crippen LogP contribution in [0.25, 0.3) is 0 Å². The van der Waals surface area contributed by atoms with Gasteiger partial charge in [0.1, 0.15) is 5.82 Å². The van der Waals surface area contributed by atoms with Gasteiger partial charge in [0.05, 0.1) is 17.5 Å². The Morgan fingerprint density at radius 1 is 1.18 bits per heavy atom. The molecule has 2 N–H and O–H groups in total. The lowest BCUT2D eigenvalue weighted by Crippen LogP contribution is -2.45. The first-order chi connectivity index (χ1) is 13.4. The highest BCUT2D eigenvalue weighted by Gasteiger charge is 2.37. The number of carbonyl (C=O) groups excluding carboxylic acids is 3. The summed E-state index contributed by atoms with van der Waals surface area (Å²) < 4.78 is 13.7. The maximum absolute atomic E-state index is 13.3. The molecular weight excluding hydrogens is 429 g/mol. The molecule has 1 aliphatic heterocycles. The summed E-state index contributed by atoms with van der Waals surface area (Å²) in [5.74, 6) is -2.37. The molecule has 6 nitrogen and oxygen atoms in total. The number of halogens is 2. The predicted molar refractivity (Wildman–Crippen MR) is 104 cm³/mol. The number of carbonyl (C=O) groups is 3. The average molecular weight is 448 g/mol. The van der Waals surface area contributed by atoms with Gasteiger partial charge in [-0.05, 0) is 46.6 Å². The zero-order valence-corrected chi connectivity index (χ0v) is 16.7. The number of benzene rings is 2. The van der Waals surface area contributed by atoms with E-state index in [1.165, 1.54) is 12.1 Å². The average Bonchev–Trinajstić information content (AvgIpc) is 3.09. The quantitative estimate of drug-likeness (QED) is 0.707. The third-order valence-electron chi connectivity index (χ3n) is 4.75. The van der Waals surface area contributed by atoms with Gasteiger partial charge in [-0.15, -0.1) is 0 Å². The topological polar surface area (TPSA) is 78.5 Å². The second-order valence-electron chi connectivity index (χ2n) is 6.60. The molecule has 146 valence electrons. The fraction of sp³-hybridized carbons (Fsp3) is 0.250. The van der Waals surface area contributed by atoms with Gasteiger partial charge >= 0.3 is 0 Å². The molecule has 3 rings (SSSR count). The monoisotopic (exact) mass is 447 g/mol. The lowest BCUT2D eigenvalue weighted by Gasteiger charge is -2.25. The maximum Gasteiger partial charge on any atom is 0.270 e. The van der Waals surface area contributed by atoms with Crippen molar-refractivity contribution in [1.82, 2.24) is 15.8 Å². The lowest BCUT2D eigenvalue weighted by atomic mass is 10.1. The summed E-state index contributed by atoms with van der Waals surface area (Å²) in [6.45, 7) is 2.18. The van der Waals surface area contributed by atoms with Crippen molar-refractivity contribution >= 4 is 33.7 Å². The summed E-state index contributed by atoms with van der Waals surface area (Å²) in [5, 5.41) is 0. The van der Waals surface area contributed by atoms with Gasteiger partial charge in [-0.2, -0.15) is 0 Å². The molecule has 2 aromatic rings. The van der Waals surface area contributed by atoms with Crippen LogP contribution >= 0.6 is 15.9 Å². The molecule has 1 aliphatic rings. The molecule has 0 saturated carbocycles. The molecule has 2 unspecified atom stereocenters. The molecule has 1 fully saturated rings. The van der Waals surface area contributed by atoms with Crippen molar-refractivity contribution in [3.8, 4) is 0 Å². The molecule has 3 amide bonds. The van der Waals surface area contributed by atoms with Gasteiger partial charge in [-0.3, -0.25) is 25.2 Å². The Morgan fingerprint density at radius 2 is 1.89 bits per heavy atom. The van der Waals surface area contributed by atoms with Gasteiger partial charge in [0, 0.05) is 17.4 Å². The summed E-state index contributed by atoms with van der Waals surface area (Å²) in [5.41, 5.74) is 5.64. The highest BCUT2D eigenvalue weighted by atomic mass is 79.9. The van der Waals surface area contributed by atoms with Gasteiger partial charge in [0.2, 0.25) is 11.8 Å². The number of hydrogen-bond acceptors (Lipinski definition) is 3. The van der Waals surface area contributed by atoms with Crippen molar-refractivity contribution in [2.45, 2.75) is 19.4 Å². The summed E-state index contributed by atoms with van der Waals surface area (Å²) in [6.07, 6.45) is 0.0720. The van der Waals surface area contributed by atoms with Crippen LogP contribution in [0.2, 0.25) is 0 Å². The van der Waals surface area contributed by atoms with E-state index in [2.05, 4.69) is 26.8 Å². The first-order valence-corrected chi connectivity index (χ1v) is 9.55. The summed E-state index contributed by atoms with van der Waals surface area (Å²) >= 11 is 3.17. The highest BCUT2D eigenvalue weighted by Crippen LogP contribution is 2.28. The first-order valence-electron chi connectivity index (χ1n) is 8.76. The van der Waals surface area contributed by atoms with Crippen LogP contribution < -0.4 is 10.9 Å². The minimum absolute atomic E-state index is 0.0575. The van der Waals surface area contributed by atoms with Crippen LogP contribution in [0.1, 0.15) is 35.3 Å². The van der Waals surface area contributed by atoms with Crippen molar-refractivity contribution in [2.24, 2.45) is 5.92 Å². The summed E-state index contributed by atoms with van der Waals surface area (Å²) in [6, 6.07) is 13.1. The Hall–Kier alpha value is -2.74. The normalized spacial score (nSPS) is 17.3. The van der Waals surface area contributed by atoms with E-state index in [1.54, 1.807) is 4.90 Å². The van der Waals surface area contributed by atoms with Crippen molar-refractivity contribution < 1.29 is 18.8 Å². The minimum atomic E-state index is -0.654. The Balaban J connectivity index is 1.59. The Kier molecular flexibility index (Phi) is 6.08. The number of nitrogens with zero attached hydrogens (tertiary/aromatic N) is 1. The number of likely N-dealkylation sites (tertiary alicyclic amines) is 1. The lowest BCUT2D eigenvalue weighted by molar-refractivity contribution is -0.130. The molecule has 0 aromatic heterocycles. The minimum Gasteiger partial charge on any atom is -0.335 e. The number of hydrogen-bond donors (Lipinski definition) is 2. The molecule has 1 saturated heterocycles. The molecule has 2 aromatic carbocycles. The molecule has 0 bridgehead atoms. The second kappa shape index (κ2) is 8.52. The maximum atomic E-state index is 13.3. The highest BCUT2D eigenvalue weighted by molar-refractivity contribution is 9.10. The van der Waals surface area contributed by atoms with Gasteiger partial charge in [0.15, 0.2) is 0 Å². The second-order valence-corrected chi connectivity index (χ2v) is 7.46. The molecule has 28 heavy (non-hydrogen) atoms. The Labute approximate surface area is 170 Å². The SMILES string of the molecule is CC(c1ccccc1)N1CC(C(=O)NNC(=O)c2cc(F)ccc2Br)CC1=O. The van der Waals surface area contributed by atoms with E-state index in [9.17, 15) is 18.8 Å². The van der Waals surface area contributed by atoms with Crippen molar-refractivity contribution in [1.29, 1.82) is 0 Å². The fourth-order valence-corrected chi connectivity index (χ4v) is 3.58. The fourth-order valence-electron chi connectivity index (χ4n) is 3.15. The van der Waals surface area contributed by atoms with Crippen LogP contribution in [-0.4, -0.2) is 29.2 Å². The molecular formula is C20H19BrFN3O3. The van der Waals surface area contributed by atoms with Crippen molar-refractivity contribution in [3.63, 3.8) is 0 Å². The Bertz CT molecular complexity index is 907. The molecule has 0 spiro atoms. The van der Waals surface area contributed by atoms with Crippen molar-refractivity contribution in [3.05, 3.63) is 69.9 Å². The summed E-state index contributed by atoms with van der Waals surface area (Å²) in [4.78, 5) is 38.6. The van der Waals surface area contributed by atoms with Gasteiger partial charge in [0.25, 0.3) is 5.91 Å². The Morgan fingerprint density at radius 3 is 2.61 bits per heavy atom. The largest absolute Gasteiger partial charge is 0.335 e. The van der Waals surface area contributed by atoms with E-state index < -0.39 is 23.5 Å². The number of amides is 3. The van der Waals surface area contributed by atoms with E-state index in [4.69, 9.17) is 0 Å². The van der Waals surface area contributed by atoms with E-state index >= 15 is 0 Å². The van der Waals surface area contributed by atoms with Crippen LogP contribution in [0.15, 0.2) is 53.0 Å². The zero-order chi connectivity index (χ0) is 20.3. The zero-order valence-electron chi connectivity index (χ0n) is 15.1. The molecule has 1 heterocycles. The van der Waals surface area contributed by atoms with Gasteiger partial charge < -0.3 is 4.90 Å². The smallest absolute Gasteiger partial charge is 0.270 e. The molecule has 0 aliphatic carbocycles. The van der Waals surface area contributed by atoms with Crippen LogP contribution in [0, 0.1) is 11.7 Å². The molecule has 2 atom stereocenters. The van der Waals surface area contributed by atoms with Crippen LogP contribution in [0.3, 0.4) is 0 Å².